The molecule has 1 saturated carbocycles. The summed E-state index contributed by atoms with van der Waals surface area (Å²) in [7, 11) is 0. The molecule has 0 unspecified atom stereocenters. The average Bonchev–Trinajstić information content (AvgIpc) is 2.99. The summed E-state index contributed by atoms with van der Waals surface area (Å²) >= 11 is 0. The predicted octanol–water partition coefficient (Wildman–Crippen LogP) is 3.81. The van der Waals surface area contributed by atoms with Gasteiger partial charge < -0.3 is 11.1 Å². The van der Waals surface area contributed by atoms with Gasteiger partial charge in [-0.15, -0.1) is 0 Å². The summed E-state index contributed by atoms with van der Waals surface area (Å²) in [6, 6.07) is 12.4. The van der Waals surface area contributed by atoms with Crippen molar-refractivity contribution in [2.75, 3.05) is 5.32 Å². The third-order valence-corrected chi connectivity index (χ3v) is 4.35. The largest absolute Gasteiger partial charge is 0.399 e. The molecule has 3 rings (SSSR count). The van der Waals surface area contributed by atoms with E-state index in [2.05, 4.69) is 23.1 Å². The summed E-state index contributed by atoms with van der Waals surface area (Å²) in [4.78, 5) is 0. The van der Waals surface area contributed by atoms with Crippen LogP contribution in [0.3, 0.4) is 0 Å². The number of nitrogens with one attached hydrogen (secondary N) is 1. The van der Waals surface area contributed by atoms with Crippen molar-refractivity contribution < 1.29 is 0 Å². The molecule has 1 aromatic carbocycles. The van der Waals surface area contributed by atoms with E-state index in [0.717, 1.165) is 36.9 Å². The molecule has 1 aliphatic rings. The molecule has 2 aromatic rings. The fourth-order valence-corrected chi connectivity index (χ4v) is 3.13. The minimum atomic E-state index is 0.00659. The Morgan fingerprint density at radius 2 is 2.04 bits per heavy atom. The molecule has 0 radical (unpaired) electrons. The Labute approximate surface area is 136 Å². The molecule has 5 nitrogen and oxygen atoms in total. The maximum atomic E-state index is 9.39. The van der Waals surface area contributed by atoms with Gasteiger partial charge in [0.25, 0.3) is 0 Å². The van der Waals surface area contributed by atoms with Gasteiger partial charge in [-0.25, -0.2) is 0 Å². The molecule has 0 spiro atoms. The van der Waals surface area contributed by atoms with Crippen molar-refractivity contribution in [3.05, 3.63) is 48.7 Å². The highest BCUT2D eigenvalue weighted by Crippen LogP contribution is 2.35. The van der Waals surface area contributed by atoms with Crippen molar-refractivity contribution in [1.82, 2.24) is 9.78 Å². The quantitative estimate of drug-likeness (QED) is 0.900. The summed E-state index contributed by atoms with van der Waals surface area (Å²) in [5.74, 6) is 0.693. The number of nitrogens with zero attached hydrogens (tertiary/aromatic N) is 3. The number of para-hydroxylation sites is 1. The van der Waals surface area contributed by atoms with Gasteiger partial charge in [0.2, 0.25) is 0 Å². The molecule has 0 aliphatic heterocycles. The van der Waals surface area contributed by atoms with Gasteiger partial charge in [0.1, 0.15) is 0 Å². The highest BCUT2D eigenvalue weighted by Gasteiger charge is 2.28. The number of anilines is 2. The molecule has 23 heavy (non-hydrogen) atoms. The second-order valence-electron chi connectivity index (χ2n) is 5.98. The Bertz CT molecular complexity index is 726. The molecule has 1 aromatic heterocycles. The van der Waals surface area contributed by atoms with E-state index in [-0.39, 0.29) is 12.0 Å². The number of aromatic nitrogens is 2. The van der Waals surface area contributed by atoms with Crippen molar-refractivity contribution in [3.8, 4) is 6.07 Å². The van der Waals surface area contributed by atoms with E-state index in [0.29, 0.717) is 11.5 Å². The molecule has 1 fully saturated rings. The number of hydrogen-bond donors (Lipinski definition) is 2. The van der Waals surface area contributed by atoms with E-state index in [4.69, 9.17) is 5.73 Å². The van der Waals surface area contributed by atoms with Crippen LogP contribution in [-0.4, -0.2) is 9.78 Å². The van der Waals surface area contributed by atoms with Crippen LogP contribution in [0.4, 0.5) is 11.5 Å². The first-order valence-electron chi connectivity index (χ1n) is 7.94. The van der Waals surface area contributed by atoms with Crippen LogP contribution in [0.1, 0.15) is 37.3 Å². The van der Waals surface area contributed by atoms with E-state index in [1.165, 1.54) is 0 Å². The Morgan fingerprint density at radius 1 is 1.30 bits per heavy atom. The molecule has 3 N–H and O–H groups in total. The lowest BCUT2D eigenvalue weighted by Gasteiger charge is -2.26. The molecular formula is C18H21N5. The van der Waals surface area contributed by atoms with Crippen LogP contribution in [0.2, 0.25) is 0 Å². The third kappa shape index (κ3) is 3.21. The molecule has 0 bridgehead atoms. The number of nitrogens with two attached hydrogens (primary N) is 1. The second kappa shape index (κ2) is 6.57. The van der Waals surface area contributed by atoms with Gasteiger partial charge in [-0.2, -0.15) is 10.4 Å². The van der Waals surface area contributed by atoms with E-state index >= 15 is 0 Å². The van der Waals surface area contributed by atoms with Crippen molar-refractivity contribution in [2.45, 2.75) is 31.7 Å². The van der Waals surface area contributed by atoms with Gasteiger partial charge >= 0.3 is 0 Å². The summed E-state index contributed by atoms with van der Waals surface area (Å²) in [5.41, 5.74) is 8.13. The summed E-state index contributed by atoms with van der Waals surface area (Å²) in [6.07, 6.45) is 6.06. The van der Waals surface area contributed by atoms with E-state index in [9.17, 15) is 5.26 Å². The number of nitriles is 1. The molecule has 118 valence electrons. The molecule has 0 saturated heterocycles. The fraction of sp³-hybridized carbons (Fsp3) is 0.333. The maximum Gasteiger partial charge on any atom is 0.161 e. The van der Waals surface area contributed by atoms with Crippen LogP contribution in [0.15, 0.2) is 43.1 Å². The Kier molecular flexibility index (Phi) is 4.33. The highest BCUT2D eigenvalue weighted by molar-refractivity contribution is 5.73. The van der Waals surface area contributed by atoms with E-state index in [1.54, 1.807) is 0 Å². The summed E-state index contributed by atoms with van der Waals surface area (Å²) in [6.45, 7) is 3.84. The van der Waals surface area contributed by atoms with Crippen molar-refractivity contribution in [1.29, 1.82) is 5.26 Å². The van der Waals surface area contributed by atoms with Crippen molar-refractivity contribution in [2.24, 2.45) is 11.7 Å². The van der Waals surface area contributed by atoms with Crippen LogP contribution in [0, 0.1) is 17.2 Å². The zero-order valence-corrected chi connectivity index (χ0v) is 13.1. The Morgan fingerprint density at radius 3 is 2.74 bits per heavy atom. The highest BCUT2D eigenvalue weighted by atomic mass is 15.3. The minimum absolute atomic E-state index is 0.00659. The lowest BCUT2D eigenvalue weighted by Crippen LogP contribution is -2.22. The molecular weight excluding hydrogens is 286 g/mol. The SMILES string of the molecule is C=C(N)c1cn([C@H]2CCCC[C@H]2C#N)nc1Nc1ccccc1. The van der Waals surface area contributed by atoms with Gasteiger partial charge in [-0.05, 0) is 25.0 Å². The topological polar surface area (TPSA) is 79.7 Å². The van der Waals surface area contributed by atoms with Crippen molar-refractivity contribution in [3.63, 3.8) is 0 Å². The summed E-state index contributed by atoms with van der Waals surface area (Å²) in [5, 5.41) is 17.3. The zero-order valence-electron chi connectivity index (χ0n) is 13.1. The zero-order chi connectivity index (χ0) is 16.2. The van der Waals surface area contributed by atoms with Crippen molar-refractivity contribution >= 4 is 17.2 Å². The van der Waals surface area contributed by atoms with Gasteiger partial charge in [0.15, 0.2) is 5.82 Å². The number of hydrogen-bond acceptors (Lipinski definition) is 4. The Balaban J connectivity index is 1.92. The smallest absolute Gasteiger partial charge is 0.161 e. The van der Waals surface area contributed by atoms with Gasteiger partial charge in [-0.1, -0.05) is 37.6 Å². The van der Waals surface area contributed by atoms with E-state index in [1.807, 2.05) is 41.2 Å². The van der Waals surface area contributed by atoms with Crippen LogP contribution < -0.4 is 11.1 Å². The first-order chi connectivity index (χ1) is 11.2. The number of rotatable bonds is 4. The average molecular weight is 307 g/mol. The first-order valence-corrected chi connectivity index (χ1v) is 7.94. The minimum Gasteiger partial charge on any atom is -0.399 e. The molecule has 0 amide bonds. The van der Waals surface area contributed by atoms with Gasteiger partial charge in [0, 0.05) is 17.6 Å². The molecule has 5 heteroatoms. The first kappa shape index (κ1) is 15.2. The normalized spacial score (nSPS) is 20.7. The van der Waals surface area contributed by atoms with E-state index < -0.39 is 0 Å². The maximum absolute atomic E-state index is 9.39. The monoisotopic (exact) mass is 307 g/mol. The van der Waals surface area contributed by atoms with Crippen LogP contribution in [0.5, 0.6) is 0 Å². The van der Waals surface area contributed by atoms with Crippen LogP contribution in [-0.2, 0) is 0 Å². The molecule has 2 atom stereocenters. The third-order valence-electron chi connectivity index (χ3n) is 4.35. The summed E-state index contributed by atoms with van der Waals surface area (Å²) < 4.78 is 1.89. The lowest BCUT2D eigenvalue weighted by atomic mass is 9.85. The standard InChI is InChI=1S/C18H21N5/c1-13(20)16-12-23(17-10-6-5-7-14(17)11-19)22-18(16)21-15-8-3-2-4-9-15/h2-4,8-9,12,14,17H,1,5-7,10,20H2,(H,21,22)/t14-,17-/m0/s1. The molecule has 1 aliphatic carbocycles. The predicted molar refractivity (Wildman–Crippen MR) is 91.8 cm³/mol. The van der Waals surface area contributed by atoms with Gasteiger partial charge in [-0.3, -0.25) is 4.68 Å². The number of benzene rings is 1. The molecule has 1 heterocycles. The second-order valence-corrected chi connectivity index (χ2v) is 5.98. The lowest BCUT2D eigenvalue weighted by molar-refractivity contribution is 0.271. The van der Waals surface area contributed by atoms with Crippen LogP contribution in [0.25, 0.3) is 5.70 Å². The fourth-order valence-electron chi connectivity index (χ4n) is 3.13. The van der Waals surface area contributed by atoms with Crippen LogP contribution >= 0.6 is 0 Å². The Hall–Kier alpha value is -2.74. The van der Waals surface area contributed by atoms with Gasteiger partial charge in [0.05, 0.1) is 23.6 Å².